The molecular weight excluding hydrogens is 374 g/mol. The average molecular weight is 408 g/mol. The number of allylic oxidation sites excluding steroid dienone is 3. The number of carbonyl (C=O) groups excluding carboxylic acids is 1. The predicted molar refractivity (Wildman–Crippen MR) is 120 cm³/mol. The Labute approximate surface area is 180 Å². The van der Waals surface area contributed by atoms with Crippen LogP contribution >= 0.6 is 0 Å². The first-order valence-corrected chi connectivity index (χ1v) is 11.3. The van der Waals surface area contributed by atoms with Crippen molar-refractivity contribution < 1.29 is 9.53 Å². The molecular formula is C25H33N3O2. The highest BCUT2D eigenvalue weighted by Gasteiger charge is 2.62. The molecule has 4 rings (SSSR count). The fraction of sp³-hybridized carbons (Fsp3) is 0.600. The van der Waals surface area contributed by atoms with Gasteiger partial charge in [-0.2, -0.15) is 0 Å². The van der Waals surface area contributed by atoms with Crippen molar-refractivity contribution in [3.05, 3.63) is 36.0 Å². The molecule has 1 heterocycles. The number of nitrogens with zero attached hydrogens (tertiary/aromatic N) is 2. The molecule has 5 nitrogen and oxygen atoms in total. The summed E-state index contributed by atoms with van der Waals surface area (Å²) in [5.74, 6) is 7.37. The van der Waals surface area contributed by atoms with Crippen LogP contribution in [0.5, 0.6) is 0 Å². The molecule has 0 bridgehead atoms. The van der Waals surface area contributed by atoms with Crippen LogP contribution < -0.4 is 5.73 Å². The number of nitrogens with two attached hydrogens (primary N) is 1. The van der Waals surface area contributed by atoms with Crippen LogP contribution in [-0.2, 0) is 9.53 Å². The SMILES string of the molecule is C=C1/C=C(C#CC2CC2)\C=C/CCC2(CCC(OCC)CC2)C12N=C(N)N(C)C2=O. The topological polar surface area (TPSA) is 67.9 Å². The predicted octanol–water partition coefficient (Wildman–Crippen LogP) is 3.72. The molecule has 0 aromatic heterocycles. The summed E-state index contributed by atoms with van der Waals surface area (Å²) in [7, 11) is 1.71. The minimum absolute atomic E-state index is 0.0625. The van der Waals surface area contributed by atoms with E-state index >= 15 is 0 Å². The van der Waals surface area contributed by atoms with Gasteiger partial charge in [-0.1, -0.05) is 30.6 Å². The molecule has 1 aliphatic heterocycles. The Bertz CT molecular complexity index is 876. The number of hydrogen-bond acceptors (Lipinski definition) is 4. The molecule has 0 aromatic rings. The Hall–Kier alpha value is -2.32. The molecule has 2 fully saturated rings. The van der Waals surface area contributed by atoms with E-state index in [2.05, 4.69) is 30.6 Å². The average Bonchev–Trinajstić information content (AvgIpc) is 3.53. The Morgan fingerprint density at radius 1 is 1.30 bits per heavy atom. The minimum Gasteiger partial charge on any atom is -0.379 e. The molecule has 1 amide bonds. The number of hydrogen-bond donors (Lipinski definition) is 1. The maximum absolute atomic E-state index is 13.7. The quantitative estimate of drug-likeness (QED) is 0.710. The molecule has 1 atom stereocenters. The second-order valence-corrected chi connectivity index (χ2v) is 9.09. The van der Waals surface area contributed by atoms with Crippen molar-refractivity contribution in [2.45, 2.75) is 69.9 Å². The van der Waals surface area contributed by atoms with Crippen LogP contribution in [0.3, 0.4) is 0 Å². The molecule has 4 aliphatic rings. The van der Waals surface area contributed by atoms with Crippen LogP contribution in [0.2, 0.25) is 0 Å². The standard InChI is InChI=1S/C25H33N3O2/c1-4-30-21-12-15-24(16-13-21)14-6-5-7-20(11-10-19-8-9-19)17-18(2)25(24)22(29)28(3)23(26)27-25/h5,7,17,19,21H,2,4,6,8-9,12-16H2,1,3H3,(H2,26,27)/b7-5-,20-17+. The Morgan fingerprint density at radius 3 is 2.63 bits per heavy atom. The highest BCUT2D eigenvalue weighted by molar-refractivity contribution is 6.09. The van der Waals surface area contributed by atoms with Crippen LogP contribution in [0.15, 0.2) is 40.9 Å². The number of guanidine groups is 1. The van der Waals surface area contributed by atoms with Gasteiger partial charge in [0.15, 0.2) is 11.5 Å². The van der Waals surface area contributed by atoms with Crippen molar-refractivity contribution >= 4 is 11.9 Å². The summed E-state index contributed by atoms with van der Waals surface area (Å²) in [6.07, 6.45) is 14.2. The van der Waals surface area contributed by atoms with Crippen LogP contribution in [0.4, 0.5) is 0 Å². The normalized spacial score (nSPS) is 37.0. The zero-order chi connectivity index (χ0) is 21.4. The van der Waals surface area contributed by atoms with Crippen molar-refractivity contribution in [3.8, 4) is 11.8 Å². The van der Waals surface area contributed by atoms with Crippen LogP contribution in [0.1, 0.15) is 58.3 Å². The van der Waals surface area contributed by atoms with Crippen molar-refractivity contribution in [3.63, 3.8) is 0 Å². The first kappa shape index (κ1) is 20.9. The number of fused-ring (bicyclic) bond motifs is 1. The summed E-state index contributed by atoms with van der Waals surface area (Å²) in [6, 6.07) is 0. The van der Waals surface area contributed by atoms with E-state index in [1.165, 1.54) is 17.7 Å². The van der Waals surface area contributed by atoms with Gasteiger partial charge in [-0.25, -0.2) is 4.99 Å². The molecule has 0 saturated heterocycles. The van der Waals surface area contributed by atoms with Gasteiger partial charge in [-0.15, -0.1) is 0 Å². The van der Waals surface area contributed by atoms with E-state index in [0.717, 1.165) is 50.7 Å². The van der Waals surface area contributed by atoms with Crippen molar-refractivity contribution in [2.24, 2.45) is 22.1 Å². The summed E-state index contributed by atoms with van der Waals surface area (Å²) in [5.41, 5.74) is 6.44. The molecule has 160 valence electrons. The Balaban J connectivity index is 1.77. The van der Waals surface area contributed by atoms with Crippen molar-refractivity contribution in [2.75, 3.05) is 13.7 Å². The summed E-state index contributed by atoms with van der Waals surface area (Å²) in [4.78, 5) is 20.1. The molecule has 2 N–H and O–H groups in total. The lowest BCUT2D eigenvalue weighted by molar-refractivity contribution is -0.135. The molecule has 30 heavy (non-hydrogen) atoms. The largest absolute Gasteiger partial charge is 0.379 e. The summed E-state index contributed by atoms with van der Waals surface area (Å²) in [5, 5.41) is 0. The maximum atomic E-state index is 13.7. The fourth-order valence-corrected chi connectivity index (χ4v) is 5.28. The van der Waals surface area contributed by atoms with Crippen molar-refractivity contribution in [1.29, 1.82) is 0 Å². The summed E-state index contributed by atoms with van der Waals surface area (Å²) >= 11 is 0. The molecule has 2 saturated carbocycles. The van der Waals surface area contributed by atoms with Crippen LogP contribution in [-0.4, -0.2) is 42.1 Å². The number of likely N-dealkylation sites (N-methyl/N-ethyl adjacent to an activating group) is 1. The molecule has 0 aromatic carbocycles. The Morgan fingerprint density at radius 2 is 2.03 bits per heavy atom. The molecule has 0 radical (unpaired) electrons. The first-order chi connectivity index (χ1) is 14.4. The van der Waals surface area contributed by atoms with E-state index in [0.29, 0.717) is 11.5 Å². The Kier molecular flexibility index (Phi) is 5.63. The second-order valence-electron chi connectivity index (χ2n) is 9.09. The smallest absolute Gasteiger partial charge is 0.262 e. The highest BCUT2D eigenvalue weighted by Crippen LogP contribution is 2.56. The third-order valence-corrected chi connectivity index (χ3v) is 7.18. The van der Waals surface area contributed by atoms with E-state index in [9.17, 15) is 4.79 Å². The highest BCUT2D eigenvalue weighted by atomic mass is 16.5. The molecule has 5 heteroatoms. The van der Waals surface area contributed by atoms with E-state index in [1.54, 1.807) is 7.05 Å². The number of ether oxygens (including phenoxy) is 1. The van der Waals surface area contributed by atoms with Crippen molar-refractivity contribution in [1.82, 2.24) is 4.90 Å². The van der Waals surface area contributed by atoms with Gasteiger partial charge in [0.1, 0.15) is 0 Å². The van der Waals surface area contributed by atoms with E-state index < -0.39 is 5.54 Å². The van der Waals surface area contributed by atoms with Gasteiger partial charge < -0.3 is 10.5 Å². The van der Waals surface area contributed by atoms with Gasteiger partial charge in [-0.3, -0.25) is 9.69 Å². The monoisotopic (exact) mass is 407 g/mol. The van der Waals surface area contributed by atoms with Gasteiger partial charge in [-0.05, 0) is 69.9 Å². The van der Waals surface area contributed by atoms with Gasteiger partial charge in [0.25, 0.3) is 5.91 Å². The molecule has 3 aliphatic carbocycles. The van der Waals surface area contributed by atoms with Gasteiger partial charge >= 0.3 is 0 Å². The fourth-order valence-electron chi connectivity index (χ4n) is 5.28. The van der Waals surface area contributed by atoms with Gasteiger partial charge in [0, 0.05) is 30.6 Å². The zero-order valence-electron chi connectivity index (χ0n) is 18.2. The summed E-state index contributed by atoms with van der Waals surface area (Å²) in [6.45, 7) is 7.15. The minimum atomic E-state index is -1.05. The van der Waals surface area contributed by atoms with E-state index in [-0.39, 0.29) is 23.4 Å². The van der Waals surface area contributed by atoms with Crippen LogP contribution in [0, 0.1) is 23.2 Å². The van der Waals surface area contributed by atoms with Gasteiger partial charge in [0.05, 0.1) is 6.10 Å². The number of amides is 1. The van der Waals surface area contributed by atoms with E-state index in [1.807, 2.05) is 13.0 Å². The molecule has 1 unspecified atom stereocenters. The van der Waals surface area contributed by atoms with E-state index in [4.69, 9.17) is 15.5 Å². The number of aliphatic imine (C=N–C) groups is 1. The number of rotatable bonds is 2. The third kappa shape index (κ3) is 3.52. The molecule has 2 spiro atoms. The second kappa shape index (κ2) is 8.07. The number of carbonyl (C=O) groups is 1. The maximum Gasteiger partial charge on any atom is 0.262 e. The lowest BCUT2D eigenvalue weighted by atomic mass is 9.56. The summed E-state index contributed by atoms with van der Waals surface area (Å²) < 4.78 is 5.90. The zero-order valence-corrected chi connectivity index (χ0v) is 18.2. The first-order valence-electron chi connectivity index (χ1n) is 11.3. The lowest BCUT2D eigenvalue weighted by Gasteiger charge is -2.49. The lowest BCUT2D eigenvalue weighted by Crippen LogP contribution is -2.56. The van der Waals surface area contributed by atoms with Crippen LogP contribution in [0.25, 0.3) is 0 Å². The van der Waals surface area contributed by atoms with Gasteiger partial charge in [0.2, 0.25) is 0 Å². The third-order valence-electron chi connectivity index (χ3n) is 7.18.